The maximum atomic E-state index is 12.0. The summed E-state index contributed by atoms with van der Waals surface area (Å²) in [5, 5.41) is 14.3. The Hall–Kier alpha value is -3.00. The lowest BCUT2D eigenvalue weighted by Gasteiger charge is -2.11. The van der Waals surface area contributed by atoms with Crippen LogP contribution in [0.2, 0.25) is 0 Å². The van der Waals surface area contributed by atoms with Gasteiger partial charge in [-0.15, -0.1) is 0 Å². The minimum atomic E-state index is -0.372. The molecule has 0 aliphatic rings. The second-order valence-corrected chi connectivity index (χ2v) is 4.48. The summed E-state index contributed by atoms with van der Waals surface area (Å²) in [5.74, 6) is 0.438. The summed E-state index contributed by atoms with van der Waals surface area (Å²) < 4.78 is 5.16. The molecule has 21 heavy (non-hydrogen) atoms. The molecule has 0 fully saturated rings. The zero-order valence-electron chi connectivity index (χ0n) is 11.8. The molecule has 106 valence electrons. The Morgan fingerprint density at radius 3 is 2.67 bits per heavy atom. The van der Waals surface area contributed by atoms with Crippen LogP contribution in [-0.2, 0) is 0 Å². The van der Waals surface area contributed by atoms with Gasteiger partial charge >= 0.3 is 6.03 Å². The summed E-state index contributed by atoms with van der Waals surface area (Å²) in [6.45, 7) is 1.95. The number of anilines is 2. The van der Waals surface area contributed by atoms with Crippen LogP contribution < -0.4 is 15.4 Å². The quantitative estimate of drug-likeness (QED) is 0.904. The number of benzene rings is 2. The van der Waals surface area contributed by atoms with Crippen LogP contribution in [0.4, 0.5) is 16.2 Å². The van der Waals surface area contributed by atoms with E-state index in [1.807, 2.05) is 37.3 Å². The Kier molecular flexibility index (Phi) is 4.42. The Bertz CT molecular complexity index is 705. The Balaban J connectivity index is 2.11. The molecular formula is C16H15N3O2. The van der Waals surface area contributed by atoms with Crippen LogP contribution in [0.5, 0.6) is 5.75 Å². The van der Waals surface area contributed by atoms with Crippen molar-refractivity contribution in [2.75, 3.05) is 17.7 Å². The first-order valence-corrected chi connectivity index (χ1v) is 6.35. The molecule has 0 saturated heterocycles. The summed E-state index contributed by atoms with van der Waals surface area (Å²) in [7, 11) is 1.49. The van der Waals surface area contributed by atoms with Gasteiger partial charge in [0.15, 0.2) is 0 Å². The van der Waals surface area contributed by atoms with Gasteiger partial charge in [0.2, 0.25) is 0 Å². The highest BCUT2D eigenvalue weighted by Gasteiger charge is 2.08. The van der Waals surface area contributed by atoms with Gasteiger partial charge in [-0.3, -0.25) is 0 Å². The van der Waals surface area contributed by atoms with E-state index in [-0.39, 0.29) is 6.03 Å². The lowest BCUT2D eigenvalue weighted by atomic mass is 10.2. The van der Waals surface area contributed by atoms with E-state index in [0.717, 1.165) is 5.56 Å². The van der Waals surface area contributed by atoms with Gasteiger partial charge < -0.3 is 15.4 Å². The second kappa shape index (κ2) is 6.44. The van der Waals surface area contributed by atoms with Crippen molar-refractivity contribution < 1.29 is 9.53 Å². The maximum Gasteiger partial charge on any atom is 0.323 e. The van der Waals surface area contributed by atoms with Gasteiger partial charge in [0.05, 0.1) is 24.4 Å². The molecule has 0 atom stereocenters. The number of hydrogen-bond acceptors (Lipinski definition) is 3. The van der Waals surface area contributed by atoms with Crippen LogP contribution in [0.1, 0.15) is 11.1 Å². The Morgan fingerprint density at radius 2 is 2.00 bits per heavy atom. The maximum absolute atomic E-state index is 12.0. The molecule has 0 saturated carbocycles. The number of rotatable bonds is 3. The fourth-order valence-electron chi connectivity index (χ4n) is 1.87. The first-order valence-electron chi connectivity index (χ1n) is 6.35. The highest BCUT2D eigenvalue weighted by Crippen LogP contribution is 2.25. The van der Waals surface area contributed by atoms with Crippen LogP contribution in [0.3, 0.4) is 0 Å². The van der Waals surface area contributed by atoms with Crippen LogP contribution in [0.25, 0.3) is 0 Å². The van der Waals surface area contributed by atoms with Crippen LogP contribution >= 0.6 is 0 Å². The fourth-order valence-corrected chi connectivity index (χ4v) is 1.87. The van der Waals surface area contributed by atoms with Crippen molar-refractivity contribution in [1.29, 1.82) is 5.26 Å². The molecule has 5 nitrogen and oxygen atoms in total. The van der Waals surface area contributed by atoms with Crippen molar-refractivity contribution in [3.63, 3.8) is 0 Å². The lowest BCUT2D eigenvalue weighted by Crippen LogP contribution is -2.19. The number of hydrogen-bond donors (Lipinski definition) is 2. The lowest BCUT2D eigenvalue weighted by molar-refractivity contribution is 0.262. The third-order valence-corrected chi connectivity index (χ3v) is 2.85. The molecule has 2 N–H and O–H groups in total. The predicted molar refractivity (Wildman–Crippen MR) is 81.5 cm³/mol. The van der Waals surface area contributed by atoms with E-state index in [2.05, 4.69) is 10.6 Å². The molecule has 0 unspecified atom stereocenters. The molecule has 0 bridgehead atoms. The fraction of sp³-hybridized carbons (Fsp3) is 0.125. The summed E-state index contributed by atoms with van der Waals surface area (Å²) in [6.07, 6.45) is 0. The number of urea groups is 1. The highest BCUT2D eigenvalue weighted by molar-refractivity contribution is 6.00. The van der Waals surface area contributed by atoms with Crippen molar-refractivity contribution in [2.45, 2.75) is 6.92 Å². The molecule has 5 heteroatoms. The molecule has 0 aliphatic heterocycles. The van der Waals surface area contributed by atoms with E-state index in [1.165, 1.54) is 7.11 Å². The number of nitrogens with zero attached hydrogens (tertiary/aromatic N) is 1. The Labute approximate surface area is 123 Å². The number of nitriles is 1. The first-order chi connectivity index (χ1) is 10.1. The molecule has 2 aromatic rings. The van der Waals surface area contributed by atoms with Gasteiger partial charge in [-0.05, 0) is 36.8 Å². The second-order valence-electron chi connectivity index (χ2n) is 4.48. The SMILES string of the molecule is COc1cc(C#N)ccc1NC(=O)Nc1cccc(C)c1. The largest absolute Gasteiger partial charge is 0.495 e. The van der Waals surface area contributed by atoms with Gasteiger partial charge in [0, 0.05) is 11.8 Å². The van der Waals surface area contributed by atoms with Crippen molar-refractivity contribution in [1.82, 2.24) is 0 Å². The van der Waals surface area contributed by atoms with Gasteiger partial charge in [0.1, 0.15) is 5.75 Å². The van der Waals surface area contributed by atoms with Crippen molar-refractivity contribution >= 4 is 17.4 Å². The van der Waals surface area contributed by atoms with E-state index in [9.17, 15) is 4.79 Å². The van der Waals surface area contributed by atoms with E-state index in [4.69, 9.17) is 10.00 Å². The van der Waals surface area contributed by atoms with Crippen molar-refractivity contribution in [3.05, 3.63) is 53.6 Å². The molecular weight excluding hydrogens is 266 g/mol. The highest BCUT2D eigenvalue weighted by atomic mass is 16.5. The summed E-state index contributed by atoms with van der Waals surface area (Å²) >= 11 is 0. The van der Waals surface area contributed by atoms with Gasteiger partial charge in [0.25, 0.3) is 0 Å². The van der Waals surface area contributed by atoms with Gasteiger partial charge in [-0.25, -0.2) is 4.79 Å². The third kappa shape index (κ3) is 3.74. The van der Waals surface area contributed by atoms with Gasteiger partial charge in [-0.1, -0.05) is 12.1 Å². The van der Waals surface area contributed by atoms with E-state index >= 15 is 0 Å². The molecule has 0 aromatic heterocycles. The minimum Gasteiger partial charge on any atom is -0.495 e. The molecule has 2 aromatic carbocycles. The molecule has 0 radical (unpaired) electrons. The summed E-state index contributed by atoms with van der Waals surface area (Å²) in [4.78, 5) is 12.0. The van der Waals surface area contributed by atoms with E-state index in [0.29, 0.717) is 22.7 Å². The number of ether oxygens (including phenoxy) is 1. The number of aryl methyl sites for hydroxylation is 1. The molecule has 0 aliphatic carbocycles. The third-order valence-electron chi connectivity index (χ3n) is 2.85. The minimum absolute atomic E-state index is 0.372. The zero-order valence-corrected chi connectivity index (χ0v) is 11.8. The van der Waals surface area contributed by atoms with Crippen LogP contribution in [-0.4, -0.2) is 13.1 Å². The predicted octanol–water partition coefficient (Wildman–Crippen LogP) is 3.52. The standard InChI is InChI=1S/C16H15N3O2/c1-11-4-3-5-13(8-11)18-16(20)19-14-7-6-12(10-17)9-15(14)21-2/h3-9H,1-2H3,(H2,18,19,20). The monoisotopic (exact) mass is 281 g/mol. The van der Waals surface area contributed by atoms with Crippen LogP contribution in [0, 0.1) is 18.3 Å². The number of nitrogens with one attached hydrogen (secondary N) is 2. The summed E-state index contributed by atoms with van der Waals surface area (Å²) in [5.41, 5.74) is 2.74. The number of carbonyl (C=O) groups is 1. The average Bonchev–Trinajstić information content (AvgIpc) is 2.47. The molecule has 0 heterocycles. The van der Waals surface area contributed by atoms with Crippen molar-refractivity contribution in [3.8, 4) is 11.8 Å². The molecule has 2 amide bonds. The molecule has 0 spiro atoms. The van der Waals surface area contributed by atoms with Crippen molar-refractivity contribution in [2.24, 2.45) is 0 Å². The van der Waals surface area contributed by atoms with E-state index < -0.39 is 0 Å². The number of amides is 2. The average molecular weight is 281 g/mol. The smallest absolute Gasteiger partial charge is 0.323 e. The van der Waals surface area contributed by atoms with Gasteiger partial charge in [-0.2, -0.15) is 5.26 Å². The summed E-state index contributed by atoms with van der Waals surface area (Å²) in [6, 6.07) is 14.0. The van der Waals surface area contributed by atoms with Crippen LogP contribution in [0.15, 0.2) is 42.5 Å². The number of carbonyl (C=O) groups excluding carboxylic acids is 1. The topological polar surface area (TPSA) is 74.1 Å². The molecule has 2 rings (SSSR count). The Morgan fingerprint density at radius 1 is 1.19 bits per heavy atom. The number of methoxy groups -OCH3 is 1. The van der Waals surface area contributed by atoms with E-state index in [1.54, 1.807) is 18.2 Å². The normalized spacial score (nSPS) is 9.57. The first kappa shape index (κ1) is 14.4. The zero-order chi connectivity index (χ0) is 15.2.